The average Bonchev–Trinajstić information content (AvgIpc) is 2.62. The van der Waals surface area contributed by atoms with Crippen molar-refractivity contribution >= 4 is 33.2 Å². The average molecular weight is 437 g/mol. The van der Waals surface area contributed by atoms with E-state index in [9.17, 15) is 13.2 Å². The summed E-state index contributed by atoms with van der Waals surface area (Å²) in [6.45, 7) is 9.41. The van der Waals surface area contributed by atoms with Crippen molar-refractivity contribution in [2.45, 2.75) is 53.1 Å². The third kappa shape index (κ3) is 5.52. The predicted molar refractivity (Wildman–Crippen MR) is 120 cm³/mol. The van der Waals surface area contributed by atoms with E-state index in [2.05, 4.69) is 11.4 Å². The maximum absolute atomic E-state index is 13.1. The monoisotopic (exact) mass is 436 g/mol. The number of aryl methyl sites for hydroxylation is 3. The van der Waals surface area contributed by atoms with Crippen LogP contribution in [0.4, 0.5) is 5.69 Å². The normalized spacial score (nSPS) is 13.6. The first-order valence-corrected chi connectivity index (χ1v) is 11.8. The Morgan fingerprint density at radius 1 is 1.10 bits per heavy atom. The number of hydrogen-bond donors (Lipinski definition) is 1. The summed E-state index contributed by atoms with van der Waals surface area (Å²) in [7, 11) is -3.71. The molecule has 7 heteroatoms. The lowest BCUT2D eigenvalue weighted by atomic mass is 9.97. The first-order chi connectivity index (χ1) is 13.5. The van der Waals surface area contributed by atoms with Gasteiger partial charge in [-0.25, -0.2) is 8.42 Å². The Morgan fingerprint density at radius 2 is 1.76 bits per heavy atom. The molecule has 0 bridgehead atoms. The molecule has 1 N–H and O–H groups in total. The molecule has 0 unspecified atom stereocenters. The standard InChI is InChI=1S/C22H29ClN2O3S/c1-7-20(19-11-8-14(2)12-16(19)4)24-22(26)17(5)25(29(6,27)28)21-13-18(23)10-9-15(21)3/h8-13,17,20H,7H2,1-6H3,(H,24,26)/t17-,20-/m1/s1. The molecule has 2 aromatic carbocycles. The number of amides is 1. The van der Waals surface area contributed by atoms with Gasteiger partial charge in [-0.05, 0) is 62.9 Å². The highest BCUT2D eigenvalue weighted by atomic mass is 35.5. The van der Waals surface area contributed by atoms with Crippen molar-refractivity contribution in [2.75, 3.05) is 10.6 Å². The molecule has 0 aliphatic heterocycles. The highest BCUT2D eigenvalue weighted by Gasteiger charge is 2.31. The highest BCUT2D eigenvalue weighted by Crippen LogP contribution is 2.29. The van der Waals surface area contributed by atoms with Gasteiger partial charge in [0.15, 0.2) is 0 Å². The minimum absolute atomic E-state index is 0.201. The molecule has 0 radical (unpaired) electrons. The van der Waals surface area contributed by atoms with Gasteiger partial charge in [-0.3, -0.25) is 9.10 Å². The molecule has 2 atom stereocenters. The van der Waals surface area contributed by atoms with E-state index < -0.39 is 16.1 Å². The van der Waals surface area contributed by atoms with Gasteiger partial charge < -0.3 is 5.32 Å². The van der Waals surface area contributed by atoms with E-state index in [1.807, 2.05) is 32.9 Å². The number of nitrogens with zero attached hydrogens (tertiary/aromatic N) is 1. The first kappa shape index (κ1) is 23.2. The zero-order chi connectivity index (χ0) is 21.9. The van der Waals surface area contributed by atoms with Crippen molar-refractivity contribution in [3.8, 4) is 0 Å². The Kier molecular flexibility index (Phi) is 7.35. The van der Waals surface area contributed by atoms with Crippen LogP contribution < -0.4 is 9.62 Å². The molecule has 2 rings (SSSR count). The van der Waals surface area contributed by atoms with Crippen LogP contribution in [0.25, 0.3) is 0 Å². The fourth-order valence-corrected chi connectivity index (χ4v) is 4.90. The Labute approximate surface area is 179 Å². The first-order valence-electron chi connectivity index (χ1n) is 9.58. The second-order valence-corrected chi connectivity index (χ2v) is 9.79. The molecule has 0 spiro atoms. The second-order valence-electron chi connectivity index (χ2n) is 7.50. The van der Waals surface area contributed by atoms with E-state index in [0.717, 1.165) is 32.8 Å². The zero-order valence-corrected chi connectivity index (χ0v) is 19.4. The van der Waals surface area contributed by atoms with E-state index in [4.69, 9.17) is 11.6 Å². The smallest absolute Gasteiger partial charge is 0.244 e. The maximum atomic E-state index is 13.1. The number of hydrogen-bond acceptors (Lipinski definition) is 3. The molecule has 0 saturated heterocycles. The van der Waals surface area contributed by atoms with Gasteiger partial charge in [0.1, 0.15) is 6.04 Å². The maximum Gasteiger partial charge on any atom is 0.244 e. The summed E-state index contributed by atoms with van der Waals surface area (Å²) in [5.41, 5.74) is 4.41. The molecular formula is C22H29ClN2O3S. The lowest BCUT2D eigenvalue weighted by Gasteiger charge is -2.31. The van der Waals surface area contributed by atoms with Gasteiger partial charge in [0.2, 0.25) is 15.9 Å². The predicted octanol–water partition coefficient (Wildman–Crippen LogP) is 4.69. The number of carbonyl (C=O) groups excluding carboxylic acids is 1. The Morgan fingerprint density at radius 3 is 2.31 bits per heavy atom. The molecule has 0 heterocycles. The fourth-order valence-electron chi connectivity index (χ4n) is 3.51. The molecule has 0 aliphatic carbocycles. The van der Waals surface area contributed by atoms with Crippen LogP contribution in [-0.2, 0) is 14.8 Å². The number of benzene rings is 2. The van der Waals surface area contributed by atoms with Crippen LogP contribution in [0.3, 0.4) is 0 Å². The number of carbonyl (C=O) groups is 1. The van der Waals surface area contributed by atoms with Crippen LogP contribution in [0.15, 0.2) is 36.4 Å². The van der Waals surface area contributed by atoms with Crippen LogP contribution in [0.1, 0.15) is 48.6 Å². The Balaban J connectivity index is 2.37. The van der Waals surface area contributed by atoms with Gasteiger partial charge in [-0.2, -0.15) is 0 Å². The summed E-state index contributed by atoms with van der Waals surface area (Å²) in [4.78, 5) is 13.1. The van der Waals surface area contributed by atoms with Gasteiger partial charge >= 0.3 is 0 Å². The van der Waals surface area contributed by atoms with Crippen molar-refractivity contribution in [3.05, 3.63) is 63.7 Å². The molecule has 0 aromatic heterocycles. The van der Waals surface area contributed by atoms with E-state index in [1.54, 1.807) is 32.0 Å². The van der Waals surface area contributed by atoms with Crippen molar-refractivity contribution in [3.63, 3.8) is 0 Å². The number of nitrogens with one attached hydrogen (secondary N) is 1. The lowest BCUT2D eigenvalue weighted by molar-refractivity contribution is -0.122. The van der Waals surface area contributed by atoms with E-state index in [0.29, 0.717) is 17.1 Å². The van der Waals surface area contributed by atoms with Crippen LogP contribution in [0.2, 0.25) is 5.02 Å². The van der Waals surface area contributed by atoms with Gasteiger partial charge in [0.05, 0.1) is 18.0 Å². The number of rotatable bonds is 7. The van der Waals surface area contributed by atoms with Crippen LogP contribution in [-0.4, -0.2) is 26.6 Å². The van der Waals surface area contributed by atoms with E-state index >= 15 is 0 Å². The Hall–Kier alpha value is -2.05. The number of halogens is 1. The molecule has 0 saturated carbocycles. The lowest BCUT2D eigenvalue weighted by Crippen LogP contribution is -2.49. The third-order valence-electron chi connectivity index (χ3n) is 5.02. The highest BCUT2D eigenvalue weighted by molar-refractivity contribution is 7.92. The zero-order valence-electron chi connectivity index (χ0n) is 17.8. The number of sulfonamides is 1. The molecule has 5 nitrogen and oxygen atoms in total. The molecule has 0 fully saturated rings. The van der Waals surface area contributed by atoms with E-state index in [1.165, 1.54) is 0 Å². The summed E-state index contributed by atoms with van der Waals surface area (Å²) in [5.74, 6) is -0.360. The molecule has 158 valence electrons. The Bertz CT molecular complexity index is 1010. The van der Waals surface area contributed by atoms with Crippen molar-refractivity contribution in [2.24, 2.45) is 0 Å². The van der Waals surface area contributed by atoms with Crippen molar-refractivity contribution in [1.29, 1.82) is 0 Å². The largest absolute Gasteiger partial charge is 0.347 e. The fraction of sp³-hybridized carbons (Fsp3) is 0.409. The molecular weight excluding hydrogens is 408 g/mol. The van der Waals surface area contributed by atoms with E-state index in [-0.39, 0.29) is 11.9 Å². The third-order valence-corrected chi connectivity index (χ3v) is 6.49. The quantitative estimate of drug-likeness (QED) is 0.684. The summed E-state index contributed by atoms with van der Waals surface area (Å²) >= 11 is 6.09. The van der Waals surface area contributed by atoms with Crippen molar-refractivity contribution in [1.82, 2.24) is 5.32 Å². The number of anilines is 1. The summed E-state index contributed by atoms with van der Waals surface area (Å²) < 4.78 is 26.3. The SMILES string of the molecule is CC[C@@H](NC(=O)[C@@H](C)N(c1cc(Cl)ccc1C)S(C)(=O)=O)c1ccc(C)cc1C. The van der Waals surface area contributed by atoms with Gasteiger partial charge in [0.25, 0.3) is 0 Å². The van der Waals surface area contributed by atoms with Crippen molar-refractivity contribution < 1.29 is 13.2 Å². The molecule has 0 aliphatic rings. The second kappa shape index (κ2) is 9.18. The topological polar surface area (TPSA) is 66.5 Å². The summed E-state index contributed by atoms with van der Waals surface area (Å²) in [5, 5.41) is 3.43. The van der Waals surface area contributed by atoms with Crippen LogP contribution >= 0.6 is 11.6 Å². The minimum Gasteiger partial charge on any atom is -0.347 e. The van der Waals surface area contributed by atoms with Gasteiger partial charge in [0, 0.05) is 5.02 Å². The summed E-state index contributed by atoms with van der Waals surface area (Å²) in [6.07, 6.45) is 1.79. The van der Waals surface area contributed by atoms with Gasteiger partial charge in [-0.15, -0.1) is 0 Å². The van der Waals surface area contributed by atoms with Crippen LogP contribution in [0.5, 0.6) is 0 Å². The minimum atomic E-state index is -3.71. The van der Waals surface area contributed by atoms with Gasteiger partial charge in [-0.1, -0.05) is 48.4 Å². The molecule has 2 aromatic rings. The summed E-state index contributed by atoms with van der Waals surface area (Å²) in [6, 6.07) is 9.98. The molecule has 1 amide bonds. The molecule has 29 heavy (non-hydrogen) atoms. The van der Waals surface area contributed by atoms with Crippen LogP contribution in [0, 0.1) is 20.8 Å².